The lowest BCUT2D eigenvalue weighted by Gasteiger charge is -2.15. The number of hydrogen-bond acceptors (Lipinski definition) is 5. The van der Waals surface area contributed by atoms with Crippen molar-refractivity contribution in [1.29, 1.82) is 0 Å². The minimum absolute atomic E-state index is 0.0328. The van der Waals surface area contributed by atoms with Crippen molar-refractivity contribution in [2.24, 2.45) is 0 Å². The average molecular weight is 360 g/mol. The van der Waals surface area contributed by atoms with E-state index in [1.807, 2.05) is 0 Å². The van der Waals surface area contributed by atoms with Gasteiger partial charge in [-0.2, -0.15) is 4.68 Å². The minimum Gasteiger partial charge on any atom is -0.341 e. The second-order valence-corrected chi connectivity index (χ2v) is 6.03. The zero-order valence-corrected chi connectivity index (χ0v) is 13.6. The van der Waals surface area contributed by atoms with Crippen LogP contribution >= 0.6 is 0 Å². The molecule has 0 bridgehead atoms. The molecule has 1 aliphatic heterocycles. The predicted octanol–water partition coefficient (Wildman–Crippen LogP) is 0.878. The first-order valence-corrected chi connectivity index (χ1v) is 8.08. The lowest BCUT2D eigenvalue weighted by molar-refractivity contribution is -0.130. The first kappa shape index (κ1) is 16.3. The smallest absolute Gasteiger partial charge is 0.284 e. The maximum absolute atomic E-state index is 14.0. The fourth-order valence-corrected chi connectivity index (χ4v) is 2.98. The Hall–Kier alpha value is -3.17. The SMILES string of the molecule is O=C(Cn1cnc2c(nnn2-c2ccc(F)cc2F)c1=O)N1CCCC1. The van der Waals surface area contributed by atoms with Crippen LogP contribution in [0.3, 0.4) is 0 Å². The van der Waals surface area contributed by atoms with Gasteiger partial charge >= 0.3 is 0 Å². The fourth-order valence-electron chi connectivity index (χ4n) is 2.98. The highest BCUT2D eigenvalue weighted by molar-refractivity contribution is 5.77. The van der Waals surface area contributed by atoms with Crippen molar-refractivity contribution in [3.05, 3.63) is 46.5 Å². The largest absolute Gasteiger partial charge is 0.341 e. The highest BCUT2D eigenvalue weighted by Crippen LogP contribution is 2.17. The number of nitrogens with zero attached hydrogens (tertiary/aromatic N) is 6. The van der Waals surface area contributed by atoms with E-state index in [1.54, 1.807) is 4.90 Å². The van der Waals surface area contributed by atoms with Crippen molar-refractivity contribution in [3.63, 3.8) is 0 Å². The molecule has 0 aliphatic carbocycles. The van der Waals surface area contributed by atoms with E-state index in [9.17, 15) is 18.4 Å². The topological polar surface area (TPSA) is 85.9 Å². The Morgan fingerprint density at radius 3 is 2.69 bits per heavy atom. The molecule has 2 aromatic heterocycles. The number of aromatic nitrogens is 5. The van der Waals surface area contributed by atoms with Crippen LogP contribution in [0.4, 0.5) is 8.78 Å². The van der Waals surface area contributed by atoms with E-state index >= 15 is 0 Å². The number of likely N-dealkylation sites (tertiary alicyclic amines) is 1. The number of fused-ring (bicyclic) bond motifs is 1. The van der Waals surface area contributed by atoms with Gasteiger partial charge in [0, 0.05) is 19.2 Å². The second-order valence-electron chi connectivity index (χ2n) is 6.03. The summed E-state index contributed by atoms with van der Waals surface area (Å²) in [5.74, 6) is -1.75. The molecule has 1 fully saturated rings. The molecule has 3 heterocycles. The fraction of sp³-hybridized carbons (Fsp3) is 0.312. The molecule has 1 aliphatic rings. The third-order valence-electron chi connectivity index (χ3n) is 4.33. The second kappa shape index (κ2) is 6.28. The molecule has 0 saturated carbocycles. The van der Waals surface area contributed by atoms with Gasteiger partial charge in [-0.3, -0.25) is 14.2 Å². The maximum Gasteiger partial charge on any atom is 0.284 e. The van der Waals surface area contributed by atoms with Gasteiger partial charge in [-0.25, -0.2) is 13.8 Å². The molecular formula is C16H14F2N6O2. The number of amides is 1. The van der Waals surface area contributed by atoms with E-state index in [-0.39, 0.29) is 29.3 Å². The molecule has 10 heteroatoms. The number of rotatable bonds is 3. The molecule has 4 rings (SSSR count). The monoisotopic (exact) mass is 360 g/mol. The summed E-state index contributed by atoms with van der Waals surface area (Å²) in [6.07, 6.45) is 3.12. The van der Waals surface area contributed by atoms with Crippen LogP contribution < -0.4 is 5.56 Å². The molecule has 1 aromatic carbocycles. The van der Waals surface area contributed by atoms with Crippen molar-refractivity contribution in [2.45, 2.75) is 19.4 Å². The molecule has 0 N–H and O–H groups in total. The molecule has 0 radical (unpaired) electrons. The Labute approximate surface area is 145 Å². The highest BCUT2D eigenvalue weighted by atomic mass is 19.1. The zero-order valence-electron chi connectivity index (χ0n) is 13.6. The molecule has 8 nitrogen and oxygen atoms in total. The molecular weight excluding hydrogens is 346 g/mol. The summed E-state index contributed by atoms with van der Waals surface area (Å²) in [6, 6.07) is 2.96. The summed E-state index contributed by atoms with van der Waals surface area (Å²) in [5, 5.41) is 7.50. The van der Waals surface area contributed by atoms with E-state index in [0.717, 1.165) is 28.2 Å². The molecule has 1 saturated heterocycles. The molecule has 0 spiro atoms. The number of hydrogen-bond donors (Lipinski definition) is 0. The summed E-state index contributed by atoms with van der Waals surface area (Å²) >= 11 is 0. The number of benzene rings is 1. The Morgan fingerprint density at radius 2 is 1.96 bits per heavy atom. The quantitative estimate of drug-likeness (QED) is 0.692. The summed E-state index contributed by atoms with van der Waals surface area (Å²) in [7, 11) is 0. The first-order valence-electron chi connectivity index (χ1n) is 8.08. The lowest BCUT2D eigenvalue weighted by Crippen LogP contribution is -2.34. The Morgan fingerprint density at radius 1 is 1.19 bits per heavy atom. The average Bonchev–Trinajstić information content (AvgIpc) is 3.27. The molecule has 0 atom stereocenters. The van der Waals surface area contributed by atoms with Crippen molar-refractivity contribution < 1.29 is 13.6 Å². The third kappa shape index (κ3) is 2.72. The van der Waals surface area contributed by atoms with Crippen LogP contribution in [0.5, 0.6) is 0 Å². The lowest BCUT2D eigenvalue weighted by atomic mass is 10.3. The van der Waals surface area contributed by atoms with E-state index in [4.69, 9.17) is 0 Å². The molecule has 134 valence electrons. The Bertz CT molecular complexity index is 1050. The summed E-state index contributed by atoms with van der Waals surface area (Å²) in [5.41, 5.74) is -0.682. The van der Waals surface area contributed by atoms with Crippen molar-refractivity contribution in [1.82, 2.24) is 29.4 Å². The van der Waals surface area contributed by atoms with Crippen LogP contribution in [0, 0.1) is 11.6 Å². The van der Waals surface area contributed by atoms with Crippen LogP contribution in [-0.2, 0) is 11.3 Å². The van der Waals surface area contributed by atoms with Crippen LogP contribution in [0.25, 0.3) is 16.9 Å². The van der Waals surface area contributed by atoms with Gasteiger partial charge in [0.1, 0.15) is 24.4 Å². The molecule has 0 unspecified atom stereocenters. The van der Waals surface area contributed by atoms with Gasteiger partial charge in [-0.15, -0.1) is 5.10 Å². The van der Waals surface area contributed by atoms with E-state index in [2.05, 4.69) is 15.3 Å². The van der Waals surface area contributed by atoms with E-state index in [1.165, 1.54) is 12.4 Å². The minimum atomic E-state index is -0.855. The molecule has 1 amide bonds. The van der Waals surface area contributed by atoms with Crippen molar-refractivity contribution in [3.8, 4) is 5.69 Å². The zero-order chi connectivity index (χ0) is 18.3. The summed E-state index contributed by atoms with van der Waals surface area (Å²) in [6.45, 7) is 1.23. The van der Waals surface area contributed by atoms with Crippen molar-refractivity contribution >= 4 is 17.1 Å². The third-order valence-corrected chi connectivity index (χ3v) is 4.33. The molecule has 26 heavy (non-hydrogen) atoms. The number of halogens is 2. The van der Waals surface area contributed by atoms with Crippen molar-refractivity contribution in [2.75, 3.05) is 13.1 Å². The van der Waals surface area contributed by atoms with Crippen LogP contribution in [0.1, 0.15) is 12.8 Å². The van der Waals surface area contributed by atoms with Gasteiger partial charge < -0.3 is 4.90 Å². The van der Waals surface area contributed by atoms with Crippen LogP contribution in [0.15, 0.2) is 29.3 Å². The standard InChI is InChI=1S/C16H14F2N6O2/c17-10-3-4-12(11(18)7-10)24-15-14(20-21-24)16(26)23(9-19-15)8-13(25)22-5-1-2-6-22/h3-4,7,9H,1-2,5-6,8H2. The van der Waals surface area contributed by atoms with Gasteiger partial charge in [0.25, 0.3) is 5.56 Å². The van der Waals surface area contributed by atoms with Crippen LogP contribution in [-0.4, -0.2) is 48.4 Å². The predicted molar refractivity (Wildman–Crippen MR) is 86.7 cm³/mol. The van der Waals surface area contributed by atoms with Gasteiger partial charge in [-0.1, -0.05) is 5.21 Å². The number of carbonyl (C=O) groups excluding carboxylic acids is 1. The Balaban J connectivity index is 1.71. The molecule has 3 aromatic rings. The summed E-state index contributed by atoms with van der Waals surface area (Å²) in [4.78, 5) is 30.6. The van der Waals surface area contributed by atoms with Crippen LogP contribution in [0.2, 0.25) is 0 Å². The van der Waals surface area contributed by atoms with Gasteiger partial charge in [0.2, 0.25) is 5.91 Å². The van der Waals surface area contributed by atoms with Gasteiger partial charge in [-0.05, 0) is 25.0 Å². The normalized spacial score (nSPS) is 14.3. The van der Waals surface area contributed by atoms with E-state index < -0.39 is 17.2 Å². The first-order chi connectivity index (χ1) is 12.5. The summed E-state index contributed by atoms with van der Waals surface area (Å²) < 4.78 is 29.2. The van der Waals surface area contributed by atoms with Gasteiger partial charge in [0.15, 0.2) is 17.0 Å². The Kier molecular flexibility index (Phi) is 3.94. The van der Waals surface area contributed by atoms with E-state index in [0.29, 0.717) is 19.2 Å². The maximum atomic E-state index is 14.0. The number of carbonyl (C=O) groups is 1. The highest BCUT2D eigenvalue weighted by Gasteiger charge is 2.21. The van der Waals surface area contributed by atoms with Gasteiger partial charge in [0.05, 0.1) is 0 Å².